The maximum absolute atomic E-state index is 12.2. The topological polar surface area (TPSA) is 58.2 Å². The normalized spacial score (nSPS) is 18.7. The van der Waals surface area contributed by atoms with E-state index in [9.17, 15) is 8.42 Å². The molecule has 2 rings (SSSR count). The van der Waals surface area contributed by atoms with Crippen molar-refractivity contribution in [2.75, 3.05) is 25.9 Å². The van der Waals surface area contributed by atoms with Gasteiger partial charge in [0.1, 0.15) is 0 Å². The third-order valence-electron chi connectivity index (χ3n) is 3.68. The zero-order valence-electron chi connectivity index (χ0n) is 12.5. The molecule has 0 aliphatic carbocycles. The molecule has 0 bridgehead atoms. The second-order valence-electron chi connectivity index (χ2n) is 5.20. The van der Waals surface area contributed by atoms with Crippen LogP contribution < -0.4 is 10.0 Å². The van der Waals surface area contributed by atoms with E-state index in [1.54, 1.807) is 12.1 Å². The standard InChI is InChI=1S/C14H21ClN2O2S2.ClH/c1-20-14-5-4-12(9-13(14)15)21(18,19)17-8-6-11-3-2-7-16-10-11;/h4-5,9,11,16-17H,2-3,6-8,10H2,1H3;1H. The maximum Gasteiger partial charge on any atom is 0.240 e. The second kappa shape index (κ2) is 9.35. The predicted octanol–water partition coefficient (Wildman–Crippen LogP) is 3.15. The first-order valence-electron chi connectivity index (χ1n) is 7.07. The Bertz CT molecular complexity index is 576. The Kier molecular flexibility index (Phi) is 8.53. The van der Waals surface area contributed by atoms with Crippen LogP contribution in [-0.2, 0) is 10.0 Å². The van der Waals surface area contributed by atoms with Crippen molar-refractivity contribution in [1.82, 2.24) is 10.0 Å². The van der Waals surface area contributed by atoms with E-state index in [0.717, 1.165) is 24.4 Å². The molecule has 2 N–H and O–H groups in total. The molecule has 1 saturated heterocycles. The number of nitrogens with one attached hydrogen (secondary N) is 2. The lowest BCUT2D eigenvalue weighted by atomic mass is 9.96. The summed E-state index contributed by atoms with van der Waals surface area (Å²) in [5.41, 5.74) is 0. The summed E-state index contributed by atoms with van der Waals surface area (Å²) in [7, 11) is -3.47. The molecule has 1 heterocycles. The quantitative estimate of drug-likeness (QED) is 0.739. The Labute approximate surface area is 148 Å². The zero-order chi connectivity index (χ0) is 15.3. The molecular formula is C14H22Cl2N2O2S2. The highest BCUT2D eigenvalue weighted by atomic mass is 35.5. The van der Waals surface area contributed by atoms with Gasteiger partial charge in [-0.3, -0.25) is 0 Å². The predicted molar refractivity (Wildman–Crippen MR) is 95.9 cm³/mol. The molecule has 1 aromatic rings. The van der Waals surface area contributed by atoms with E-state index in [4.69, 9.17) is 11.6 Å². The number of hydrogen-bond donors (Lipinski definition) is 2. The van der Waals surface area contributed by atoms with Crippen LogP contribution in [0, 0.1) is 5.92 Å². The summed E-state index contributed by atoms with van der Waals surface area (Å²) >= 11 is 7.57. The van der Waals surface area contributed by atoms with Gasteiger partial charge in [-0.25, -0.2) is 13.1 Å². The second-order valence-corrected chi connectivity index (χ2v) is 8.22. The largest absolute Gasteiger partial charge is 0.316 e. The Balaban J connectivity index is 0.00000242. The van der Waals surface area contributed by atoms with Gasteiger partial charge in [-0.15, -0.1) is 24.2 Å². The van der Waals surface area contributed by atoms with E-state index in [2.05, 4.69) is 10.0 Å². The van der Waals surface area contributed by atoms with E-state index in [0.29, 0.717) is 17.5 Å². The summed E-state index contributed by atoms with van der Waals surface area (Å²) in [6.45, 7) is 2.52. The Morgan fingerprint density at radius 1 is 1.45 bits per heavy atom. The molecule has 1 aliphatic heterocycles. The number of halogens is 2. The first-order chi connectivity index (χ1) is 10.0. The highest BCUT2D eigenvalue weighted by Crippen LogP contribution is 2.27. The van der Waals surface area contributed by atoms with Gasteiger partial charge in [-0.1, -0.05) is 11.6 Å². The van der Waals surface area contributed by atoms with Gasteiger partial charge in [-0.05, 0) is 62.7 Å². The number of benzene rings is 1. The highest BCUT2D eigenvalue weighted by molar-refractivity contribution is 7.98. The summed E-state index contributed by atoms with van der Waals surface area (Å²) in [5.74, 6) is 0.559. The average molecular weight is 385 g/mol. The van der Waals surface area contributed by atoms with Gasteiger partial charge in [0.15, 0.2) is 0 Å². The van der Waals surface area contributed by atoms with Gasteiger partial charge in [-0.2, -0.15) is 0 Å². The van der Waals surface area contributed by atoms with Crippen molar-refractivity contribution >= 4 is 45.8 Å². The van der Waals surface area contributed by atoms with Crippen LogP contribution in [0.3, 0.4) is 0 Å². The van der Waals surface area contributed by atoms with E-state index >= 15 is 0 Å². The lowest BCUT2D eigenvalue weighted by Crippen LogP contribution is -2.33. The fourth-order valence-electron chi connectivity index (χ4n) is 2.47. The van der Waals surface area contributed by atoms with Gasteiger partial charge in [0, 0.05) is 11.4 Å². The molecule has 1 fully saturated rings. The van der Waals surface area contributed by atoms with Crippen LogP contribution in [0.2, 0.25) is 5.02 Å². The summed E-state index contributed by atoms with van der Waals surface area (Å²) in [6, 6.07) is 4.85. The molecule has 8 heteroatoms. The van der Waals surface area contributed by atoms with Crippen LogP contribution in [0.4, 0.5) is 0 Å². The van der Waals surface area contributed by atoms with E-state index < -0.39 is 10.0 Å². The Morgan fingerprint density at radius 3 is 2.82 bits per heavy atom. The van der Waals surface area contributed by atoms with E-state index in [1.807, 2.05) is 6.26 Å². The van der Waals surface area contributed by atoms with Crippen LogP contribution in [-0.4, -0.2) is 34.3 Å². The average Bonchev–Trinajstić information content (AvgIpc) is 2.48. The van der Waals surface area contributed by atoms with Crippen molar-refractivity contribution in [1.29, 1.82) is 0 Å². The number of sulfonamides is 1. The van der Waals surface area contributed by atoms with Crippen molar-refractivity contribution < 1.29 is 8.42 Å². The van der Waals surface area contributed by atoms with E-state index in [1.165, 1.54) is 30.7 Å². The molecule has 0 amide bonds. The van der Waals surface area contributed by atoms with Crippen molar-refractivity contribution in [2.24, 2.45) is 5.92 Å². The number of hydrogen-bond acceptors (Lipinski definition) is 4. The van der Waals surface area contributed by atoms with Gasteiger partial charge in [0.25, 0.3) is 0 Å². The molecule has 1 unspecified atom stereocenters. The minimum atomic E-state index is -3.47. The lowest BCUT2D eigenvalue weighted by Gasteiger charge is -2.22. The molecule has 1 atom stereocenters. The molecule has 126 valence electrons. The van der Waals surface area contributed by atoms with Crippen molar-refractivity contribution in [3.63, 3.8) is 0 Å². The zero-order valence-corrected chi connectivity index (χ0v) is 15.7. The van der Waals surface area contributed by atoms with Crippen LogP contribution in [0.15, 0.2) is 28.0 Å². The SMILES string of the molecule is CSc1ccc(S(=O)(=O)NCCC2CCCNC2)cc1Cl.Cl. The number of thioether (sulfide) groups is 1. The lowest BCUT2D eigenvalue weighted by molar-refractivity contribution is 0.358. The van der Waals surface area contributed by atoms with Crippen LogP contribution in [0.1, 0.15) is 19.3 Å². The highest BCUT2D eigenvalue weighted by Gasteiger charge is 2.17. The van der Waals surface area contributed by atoms with Crippen LogP contribution in [0.25, 0.3) is 0 Å². The fraction of sp³-hybridized carbons (Fsp3) is 0.571. The molecule has 4 nitrogen and oxygen atoms in total. The fourth-order valence-corrected chi connectivity index (χ4v) is 4.47. The van der Waals surface area contributed by atoms with E-state index in [-0.39, 0.29) is 17.3 Å². The van der Waals surface area contributed by atoms with Crippen molar-refractivity contribution in [2.45, 2.75) is 29.1 Å². The molecule has 0 spiro atoms. The van der Waals surface area contributed by atoms with Crippen LogP contribution in [0.5, 0.6) is 0 Å². The summed E-state index contributed by atoms with van der Waals surface area (Å²) in [5, 5.41) is 3.81. The van der Waals surface area contributed by atoms with Crippen LogP contribution >= 0.6 is 35.8 Å². The smallest absolute Gasteiger partial charge is 0.240 e. The first-order valence-corrected chi connectivity index (χ1v) is 10.2. The van der Waals surface area contributed by atoms with Gasteiger partial charge < -0.3 is 5.32 Å². The molecule has 22 heavy (non-hydrogen) atoms. The summed E-state index contributed by atoms with van der Waals surface area (Å²) < 4.78 is 27.1. The van der Waals surface area contributed by atoms with Gasteiger partial charge in [0.05, 0.1) is 9.92 Å². The van der Waals surface area contributed by atoms with Gasteiger partial charge in [0.2, 0.25) is 10.0 Å². The molecule has 0 saturated carbocycles. The molecular weight excluding hydrogens is 363 g/mol. The maximum atomic E-state index is 12.2. The third kappa shape index (κ3) is 5.58. The first kappa shape index (κ1) is 20.1. The number of piperidine rings is 1. The Morgan fingerprint density at radius 2 is 2.23 bits per heavy atom. The molecule has 0 radical (unpaired) electrons. The minimum absolute atomic E-state index is 0. The minimum Gasteiger partial charge on any atom is -0.316 e. The number of rotatable bonds is 6. The van der Waals surface area contributed by atoms with Crippen molar-refractivity contribution in [3.05, 3.63) is 23.2 Å². The monoisotopic (exact) mass is 384 g/mol. The Hall–Kier alpha value is 0.0200. The summed E-state index contributed by atoms with van der Waals surface area (Å²) in [6.07, 6.45) is 5.11. The molecule has 1 aromatic carbocycles. The molecule has 1 aliphatic rings. The van der Waals surface area contributed by atoms with Crippen molar-refractivity contribution in [3.8, 4) is 0 Å². The summed E-state index contributed by atoms with van der Waals surface area (Å²) in [4.78, 5) is 1.11. The third-order valence-corrected chi connectivity index (χ3v) is 6.36. The van der Waals surface area contributed by atoms with Gasteiger partial charge >= 0.3 is 0 Å². The molecule has 0 aromatic heterocycles.